The lowest BCUT2D eigenvalue weighted by Gasteiger charge is -2.01. The van der Waals surface area contributed by atoms with Gasteiger partial charge in [0, 0.05) is 12.6 Å². The van der Waals surface area contributed by atoms with E-state index in [0.29, 0.717) is 25.2 Å². The Kier molecular flexibility index (Phi) is 3.07. The highest BCUT2D eigenvalue weighted by atomic mass is 16.5. The SMILES string of the molecule is Nc1cccnc1CCOC=O. The fraction of sp³-hybridized carbons (Fsp3) is 0.250. The molecule has 0 saturated heterocycles. The molecule has 12 heavy (non-hydrogen) atoms. The van der Waals surface area contributed by atoms with Gasteiger partial charge in [0.2, 0.25) is 0 Å². The maximum atomic E-state index is 9.81. The number of hydrogen-bond acceptors (Lipinski definition) is 4. The molecule has 0 aliphatic rings. The zero-order valence-electron chi connectivity index (χ0n) is 6.56. The van der Waals surface area contributed by atoms with Crippen molar-refractivity contribution in [2.75, 3.05) is 12.3 Å². The van der Waals surface area contributed by atoms with Crippen molar-refractivity contribution in [3.63, 3.8) is 0 Å². The molecule has 4 nitrogen and oxygen atoms in total. The summed E-state index contributed by atoms with van der Waals surface area (Å²) in [7, 11) is 0. The van der Waals surface area contributed by atoms with Gasteiger partial charge in [-0.05, 0) is 12.1 Å². The monoisotopic (exact) mass is 166 g/mol. The average molecular weight is 166 g/mol. The predicted octanol–water partition coefficient (Wildman–Crippen LogP) is 0.379. The normalized spacial score (nSPS) is 9.33. The molecule has 64 valence electrons. The molecule has 0 fully saturated rings. The zero-order valence-corrected chi connectivity index (χ0v) is 6.56. The highest BCUT2D eigenvalue weighted by Gasteiger charge is 1.98. The number of nitrogen functional groups attached to an aromatic ring is 1. The van der Waals surface area contributed by atoms with Gasteiger partial charge in [-0.15, -0.1) is 0 Å². The molecule has 1 rings (SSSR count). The first-order chi connectivity index (χ1) is 5.84. The van der Waals surface area contributed by atoms with Crippen molar-refractivity contribution in [3.8, 4) is 0 Å². The van der Waals surface area contributed by atoms with Crippen molar-refractivity contribution < 1.29 is 9.53 Å². The van der Waals surface area contributed by atoms with Gasteiger partial charge in [0.1, 0.15) is 0 Å². The summed E-state index contributed by atoms with van der Waals surface area (Å²) in [6, 6.07) is 3.53. The lowest BCUT2D eigenvalue weighted by atomic mass is 10.2. The van der Waals surface area contributed by atoms with E-state index in [2.05, 4.69) is 9.72 Å². The van der Waals surface area contributed by atoms with Crippen molar-refractivity contribution in [2.45, 2.75) is 6.42 Å². The van der Waals surface area contributed by atoms with Gasteiger partial charge in [-0.1, -0.05) is 0 Å². The van der Waals surface area contributed by atoms with Crippen molar-refractivity contribution in [3.05, 3.63) is 24.0 Å². The summed E-state index contributed by atoms with van der Waals surface area (Å²) in [5, 5.41) is 0. The molecule has 0 spiro atoms. The van der Waals surface area contributed by atoms with E-state index in [0.717, 1.165) is 5.69 Å². The molecule has 0 saturated carbocycles. The van der Waals surface area contributed by atoms with Crippen LogP contribution < -0.4 is 5.73 Å². The Morgan fingerprint density at radius 2 is 2.50 bits per heavy atom. The summed E-state index contributed by atoms with van der Waals surface area (Å²) in [6.45, 7) is 0.740. The van der Waals surface area contributed by atoms with Crippen LogP contribution in [-0.2, 0) is 16.0 Å². The first-order valence-electron chi connectivity index (χ1n) is 3.59. The molecular weight excluding hydrogens is 156 g/mol. The number of carbonyl (C=O) groups is 1. The van der Waals surface area contributed by atoms with Gasteiger partial charge in [-0.2, -0.15) is 0 Å². The molecule has 1 heterocycles. The summed E-state index contributed by atoms with van der Waals surface area (Å²) in [6.07, 6.45) is 2.22. The second-order valence-corrected chi connectivity index (χ2v) is 2.26. The van der Waals surface area contributed by atoms with Gasteiger partial charge in [-0.25, -0.2) is 0 Å². The van der Waals surface area contributed by atoms with E-state index in [-0.39, 0.29) is 0 Å². The Morgan fingerprint density at radius 3 is 3.17 bits per heavy atom. The van der Waals surface area contributed by atoms with Crippen LogP contribution in [0.3, 0.4) is 0 Å². The molecule has 1 aromatic heterocycles. The first-order valence-corrected chi connectivity index (χ1v) is 3.59. The van der Waals surface area contributed by atoms with Gasteiger partial charge in [0.25, 0.3) is 6.47 Å². The largest absolute Gasteiger partial charge is 0.467 e. The van der Waals surface area contributed by atoms with Crippen molar-refractivity contribution >= 4 is 12.2 Å². The van der Waals surface area contributed by atoms with Crippen molar-refractivity contribution in [1.82, 2.24) is 4.98 Å². The van der Waals surface area contributed by atoms with Crippen LogP contribution in [0.1, 0.15) is 5.69 Å². The number of ether oxygens (including phenoxy) is 1. The predicted molar refractivity (Wildman–Crippen MR) is 44.4 cm³/mol. The Bertz CT molecular complexity index is 263. The fourth-order valence-corrected chi connectivity index (χ4v) is 0.863. The van der Waals surface area contributed by atoms with Gasteiger partial charge >= 0.3 is 0 Å². The van der Waals surface area contributed by atoms with Crippen LogP contribution in [0, 0.1) is 0 Å². The fourth-order valence-electron chi connectivity index (χ4n) is 0.863. The lowest BCUT2D eigenvalue weighted by molar-refractivity contribution is -0.128. The Balaban J connectivity index is 2.51. The lowest BCUT2D eigenvalue weighted by Crippen LogP contribution is -2.02. The van der Waals surface area contributed by atoms with Crippen molar-refractivity contribution in [2.24, 2.45) is 0 Å². The first kappa shape index (κ1) is 8.52. The third kappa shape index (κ3) is 2.23. The summed E-state index contributed by atoms with van der Waals surface area (Å²) >= 11 is 0. The van der Waals surface area contributed by atoms with Crippen LogP contribution in [0.5, 0.6) is 0 Å². The van der Waals surface area contributed by atoms with E-state index in [1.165, 1.54) is 0 Å². The third-order valence-corrected chi connectivity index (χ3v) is 1.45. The molecule has 0 aromatic carbocycles. The highest BCUT2D eigenvalue weighted by molar-refractivity contribution is 5.42. The number of pyridine rings is 1. The topological polar surface area (TPSA) is 65.2 Å². The van der Waals surface area contributed by atoms with E-state index in [4.69, 9.17) is 5.73 Å². The number of nitrogens with two attached hydrogens (primary N) is 1. The molecule has 1 aromatic rings. The maximum Gasteiger partial charge on any atom is 0.293 e. The van der Waals surface area contributed by atoms with Gasteiger partial charge in [0.15, 0.2) is 0 Å². The number of anilines is 1. The summed E-state index contributed by atoms with van der Waals surface area (Å²) < 4.78 is 4.52. The maximum absolute atomic E-state index is 9.81. The molecule has 0 amide bonds. The van der Waals surface area contributed by atoms with Gasteiger partial charge in [0.05, 0.1) is 18.0 Å². The number of hydrogen-bond donors (Lipinski definition) is 1. The molecule has 0 atom stereocenters. The van der Waals surface area contributed by atoms with Gasteiger partial charge < -0.3 is 10.5 Å². The van der Waals surface area contributed by atoms with E-state index < -0.39 is 0 Å². The van der Waals surface area contributed by atoms with Crippen LogP contribution >= 0.6 is 0 Å². The van der Waals surface area contributed by atoms with Crippen LogP contribution in [0.4, 0.5) is 5.69 Å². The van der Waals surface area contributed by atoms with E-state index in [9.17, 15) is 4.79 Å². The Morgan fingerprint density at radius 1 is 1.67 bits per heavy atom. The molecule has 0 aliphatic carbocycles. The van der Waals surface area contributed by atoms with E-state index >= 15 is 0 Å². The third-order valence-electron chi connectivity index (χ3n) is 1.45. The number of nitrogens with zero attached hydrogens (tertiary/aromatic N) is 1. The summed E-state index contributed by atoms with van der Waals surface area (Å²) in [5.74, 6) is 0. The molecule has 0 aliphatic heterocycles. The minimum Gasteiger partial charge on any atom is -0.467 e. The number of rotatable bonds is 4. The van der Waals surface area contributed by atoms with Crippen molar-refractivity contribution in [1.29, 1.82) is 0 Å². The van der Waals surface area contributed by atoms with Crippen LogP contribution in [0.15, 0.2) is 18.3 Å². The molecule has 0 bridgehead atoms. The minimum atomic E-state index is 0.324. The van der Waals surface area contributed by atoms with Crippen LogP contribution in [-0.4, -0.2) is 18.1 Å². The molecule has 2 N–H and O–H groups in total. The van der Waals surface area contributed by atoms with Crippen LogP contribution in [0.2, 0.25) is 0 Å². The standard InChI is InChI=1S/C8H10N2O2/c9-7-2-1-4-10-8(7)3-5-12-6-11/h1-2,4,6H,3,5,9H2. The smallest absolute Gasteiger partial charge is 0.293 e. The Hall–Kier alpha value is -1.58. The van der Waals surface area contributed by atoms with E-state index in [1.807, 2.05) is 0 Å². The number of carbonyl (C=O) groups excluding carboxylic acids is 1. The zero-order chi connectivity index (χ0) is 8.81. The van der Waals surface area contributed by atoms with Gasteiger partial charge in [-0.3, -0.25) is 9.78 Å². The summed E-state index contributed by atoms with van der Waals surface area (Å²) in [4.78, 5) is 13.8. The number of aromatic nitrogens is 1. The van der Waals surface area contributed by atoms with E-state index in [1.54, 1.807) is 18.3 Å². The molecular formula is C8H10N2O2. The average Bonchev–Trinajstić information content (AvgIpc) is 2.09. The molecule has 0 unspecified atom stereocenters. The van der Waals surface area contributed by atoms with Crippen LogP contribution in [0.25, 0.3) is 0 Å². The molecule has 0 radical (unpaired) electrons. The highest BCUT2D eigenvalue weighted by Crippen LogP contribution is 2.06. The second kappa shape index (κ2) is 4.33. The molecule has 4 heteroatoms. The minimum absolute atomic E-state index is 0.324. The summed E-state index contributed by atoms with van der Waals surface area (Å²) in [5.41, 5.74) is 6.99. The quantitative estimate of drug-likeness (QED) is 0.518. The second-order valence-electron chi connectivity index (χ2n) is 2.26. The Labute approximate surface area is 70.4 Å².